The number of aromatic nitrogens is 1. The second kappa shape index (κ2) is 5.94. The van der Waals surface area contributed by atoms with E-state index in [9.17, 15) is 9.18 Å². The van der Waals surface area contributed by atoms with Crippen LogP contribution >= 0.6 is 11.6 Å². The number of carbonyl (C=O) groups is 1. The lowest BCUT2D eigenvalue weighted by Crippen LogP contribution is -2.21. The molecule has 4 heteroatoms. The number of Topliss-reactive ketones (excluding diaryl/α,β-unsaturated/α-hetero) is 1. The van der Waals surface area contributed by atoms with E-state index in [0.717, 1.165) is 30.5 Å². The van der Waals surface area contributed by atoms with E-state index in [1.54, 1.807) is 12.3 Å². The molecule has 1 aromatic heterocycles. The van der Waals surface area contributed by atoms with Crippen LogP contribution in [0.2, 0.25) is 5.02 Å². The Morgan fingerprint density at radius 1 is 1.38 bits per heavy atom. The van der Waals surface area contributed by atoms with E-state index in [4.69, 9.17) is 11.6 Å². The molecule has 0 saturated carbocycles. The number of hydrogen-bond donors (Lipinski definition) is 0. The molecule has 108 valence electrons. The summed E-state index contributed by atoms with van der Waals surface area (Å²) in [7, 11) is 0. The van der Waals surface area contributed by atoms with Gasteiger partial charge in [0, 0.05) is 17.6 Å². The molecule has 1 atom stereocenters. The molecule has 1 unspecified atom stereocenters. The zero-order valence-corrected chi connectivity index (χ0v) is 12.2. The van der Waals surface area contributed by atoms with Crippen molar-refractivity contribution in [2.75, 3.05) is 0 Å². The van der Waals surface area contributed by atoms with Crippen LogP contribution in [-0.2, 0) is 17.6 Å². The Balaban J connectivity index is 1.83. The largest absolute Gasteiger partial charge is 0.299 e. The Kier molecular flexibility index (Phi) is 4.02. The van der Waals surface area contributed by atoms with Gasteiger partial charge >= 0.3 is 0 Å². The lowest BCUT2D eigenvalue weighted by molar-refractivity contribution is -0.120. The van der Waals surface area contributed by atoms with E-state index in [0.29, 0.717) is 10.6 Å². The summed E-state index contributed by atoms with van der Waals surface area (Å²) in [6.07, 6.45) is 4.74. The van der Waals surface area contributed by atoms with E-state index in [1.165, 1.54) is 12.1 Å². The Morgan fingerprint density at radius 2 is 2.24 bits per heavy atom. The predicted molar refractivity (Wildman–Crippen MR) is 80.0 cm³/mol. The molecule has 21 heavy (non-hydrogen) atoms. The summed E-state index contributed by atoms with van der Waals surface area (Å²) in [6, 6.07) is 8.10. The Labute approximate surface area is 128 Å². The van der Waals surface area contributed by atoms with Crippen LogP contribution in [0.25, 0.3) is 0 Å². The van der Waals surface area contributed by atoms with E-state index < -0.39 is 0 Å². The maximum Gasteiger partial charge on any atom is 0.146 e. The van der Waals surface area contributed by atoms with Crippen molar-refractivity contribution in [3.63, 3.8) is 0 Å². The van der Waals surface area contributed by atoms with Crippen molar-refractivity contribution in [3.8, 4) is 0 Å². The molecule has 3 rings (SSSR count). The second-order valence-corrected chi connectivity index (χ2v) is 5.78. The van der Waals surface area contributed by atoms with Gasteiger partial charge in [-0.1, -0.05) is 23.7 Å². The normalized spacial score (nSPS) is 17.3. The smallest absolute Gasteiger partial charge is 0.146 e. The van der Waals surface area contributed by atoms with Gasteiger partial charge < -0.3 is 0 Å². The number of pyridine rings is 1. The first-order valence-electron chi connectivity index (χ1n) is 7.05. The van der Waals surface area contributed by atoms with Gasteiger partial charge in [-0.25, -0.2) is 4.39 Å². The lowest BCUT2D eigenvalue weighted by atomic mass is 9.82. The molecule has 1 aromatic carbocycles. The number of nitrogens with zero attached hydrogens (tertiary/aromatic N) is 1. The van der Waals surface area contributed by atoms with Crippen LogP contribution in [0.1, 0.15) is 35.6 Å². The average molecular weight is 304 g/mol. The highest BCUT2D eigenvalue weighted by Gasteiger charge is 2.27. The van der Waals surface area contributed by atoms with Crippen LogP contribution in [0.5, 0.6) is 0 Å². The van der Waals surface area contributed by atoms with Crippen molar-refractivity contribution in [2.45, 2.75) is 31.6 Å². The Hall–Kier alpha value is -1.74. The van der Waals surface area contributed by atoms with Gasteiger partial charge in [-0.3, -0.25) is 9.78 Å². The van der Waals surface area contributed by atoms with Gasteiger partial charge in [0.05, 0.1) is 11.6 Å². The number of fused-ring (bicyclic) bond motifs is 1. The lowest BCUT2D eigenvalue weighted by Gasteiger charge is -2.23. The number of rotatable bonds is 3. The minimum absolute atomic E-state index is 0.100. The molecule has 0 fully saturated rings. The summed E-state index contributed by atoms with van der Waals surface area (Å²) in [6.45, 7) is 0. The summed E-state index contributed by atoms with van der Waals surface area (Å²) >= 11 is 6.00. The first-order valence-corrected chi connectivity index (χ1v) is 7.43. The summed E-state index contributed by atoms with van der Waals surface area (Å²) in [5.74, 6) is -0.458. The molecule has 1 aliphatic rings. The van der Waals surface area contributed by atoms with Crippen molar-refractivity contribution in [1.29, 1.82) is 0 Å². The van der Waals surface area contributed by atoms with Gasteiger partial charge in [-0.15, -0.1) is 0 Å². The molecule has 2 nitrogen and oxygen atoms in total. The zero-order chi connectivity index (χ0) is 14.8. The summed E-state index contributed by atoms with van der Waals surface area (Å²) in [5.41, 5.74) is 2.73. The van der Waals surface area contributed by atoms with Crippen LogP contribution in [-0.4, -0.2) is 10.8 Å². The predicted octanol–water partition coefficient (Wildman–Crippen LogP) is 4.11. The van der Waals surface area contributed by atoms with Gasteiger partial charge in [0.1, 0.15) is 11.6 Å². The molecular weight excluding hydrogens is 289 g/mol. The first kappa shape index (κ1) is 14.2. The van der Waals surface area contributed by atoms with Gasteiger partial charge in [-0.05, 0) is 48.6 Å². The van der Waals surface area contributed by atoms with Crippen LogP contribution in [0, 0.1) is 5.82 Å². The monoisotopic (exact) mass is 303 g/mol. The zero-order valence-electron chi connectivity index (χ0n) is 11.5. The van der Waals surface area contributed by atoms with Gasteiger partial charge in [0.15, 0.2) is 0 Å². The van der Waals surface area contributed by atoms with E-state index in [-0.39, 0.29) is 23.9 Å². The minimum Gasteiger partial charge on any atom is -0.299 e. The fourth-order valence-electron chi connectivity index (χ4n) is 2.90. The van der Waals surface area contributed by atoms with Crippen LogP contribution in [0.4, 0.5) is 4.39 Å². The molecule has 0 aliphatic heterocycles. The number of hydrogen-bond acceptors (Lipinski definition) is 2. The topological polar surface area (TPSA) is 30.0 Å². The van der Waals surface area contributed by atoms with E-state index in [2.05, 4.69) is 4.98 Å². The molecule has 1 aliphatic carbocycles. The standard InChI is InChI=1S/C17H15ClFNO/c18-15-10-13(19)7-6-12(15)9-16(21)14-5-1-3-11-4-2-8-20-17(11)14/h2,4,6-8,10,14H,1,3,5,9H2. The second-order valence-electron chi connectivity index (χ2n) is 5.37. The number of benzene rings is 1. The number of ketones is 1. The van der Waals surface area contributed by atoms with Gasteiger partial charge in [0.2, 0.25) is 0 Å². The van der Waals surface area contributed by atoms with E-state index in [1.807, 2.05) is 12.1 Å². The minimum atomic E-state index is -0.388. The Morgan fingerprint density at radius 3 is 3.05 bits per heavy atom. The van der Waals surface area contributed by atoms with Crippen LogP contribution < -0.4 is 0 Å². The van der Waals surface area contributed by atoms with Crippen molar-refractivity contribution in [3.05, 3.63) is 64.2 Å². The summed E-state index contributed by atoms with van der Waals surface area (Å²) < 4.78 is 13.1. The third kappa shape index (κ3) is 2.98. The average Bonchev–Trinajstić information content (AvgIpc) is 2.49. The highest BCUT2D eigenvalue weighted by Crippen LogP contribution is 2.32. The molecule has 2 aromatic rings. The number of halogens is 2. The van der Waals surface area contributed by atoms with Gasteiger partial charge in [0.25, 0.3) is 0 Å². The van der Waals surface area contributed by atoms with Crippen molar-refractivity contribution < 1.29 is 9.18 Å². The number of aryl methyl sites for hydroxylation is 1. The third-order valence-corrected chi connectivity index (χ3v) is 4.32. The SMILES string of the molecule is O=C(Cc1ccc(F)cc1Cl)C1CCCc2cccnc21. The third-order valence-electron chi connectivity index (χ3n) is 3.96. The summed E-state index contributed by atoms with van der Waals surface area (Å²) in [5, 5.41) is 0.306. The first-order chi connectivity index (χ1) is 10.1. The van der Waals surface area contributed by atoms with Crippen molar-refractivity contribution in [1.82, 2.24) is 4.98 Å². The fraction of sp³-hybridized carbons (Fsp3) is 0.294. The molecule has 0 saturated heterocycles. The highest BCUT2D eigenvalue weighted by atomic mass is 35.5. The quantitative estimate of drug-likeness (QED) is 0.854. The molecule has 0 amide bonds. The summed E-state index contributed by atoms with van der Waals surface area (Å²) in [4.78, 5) is 17.0. The highest BCUT2D eigenvalue weighted by molar-refractivity contribution is 6.31. The molecule has 0 N–H and O–H groups in total. The van der Waals surface area contributed by atoms with Gasteiger partial charge in [-0.2, -0.15) is 0 Å². The fourth-order valence-corrected chi connectivity index (χ4v) is 3.13. The van der Waals surface area contributed by atoms with E-state index >= 15 is 0 Å². The molecule has 0 radical (unpaired) electrons. The maximum atomic E-state index is 13.1. The van der Waals surface area contributed by atoms with Crippen molar-refractivity contribution in [2.24, 2.45) is 0 Å². The van der Waals surface area contributed by atoms with Crippen LogP contribution in [0.15, 0.2) is 36.5 Å². The molecule has 1 heterocycles. The van der Waals surface area contributed by atoms with Crippen LogP contribution in [0.3, 0.4) is 0 Å². The maximum absolute atomic E-state index is 13.1. The Bertz CT molecular complexity index is 686. The molecular formula is C17H15ClFNO. The van der Waals surface area contributed by atoms with Crippen molar-refractivity contribution >= 4 is 17.4 Å². The number of carbonyl (C=O) groups excluding carboxylic acids is 1. The molecule has 0 spiro atoms. The molecule has 0 bridgehead atoms.